The Balaban J connectivity index is 2.51. The summed E-state index contributed by atoms with van der Waals surface area (Å²) in [6.07, 6.45) is 1.01. The van der Waals surface area contributed by atoms with Crippen molar-refractivity contribution < 1.29 is 9.53 Å². The highest BCUT2D eigenvalue weighted by Crippen LogP contribution is 2.07. The van der Waals surface area contributed by atoms with Crippen LogP contribution in [0.5, 0.6) is 0 Å². The average molecular weight is 186 g/mol. The molecule has 1 unspecified atom stereocenters. The van der Waals surface area contributed by atoms with Crippen molar-refractivity contribution >= 4 is 5.91 Å². The van der Waals surface area contributed by atoms with Crippen LogP contribution in [0.15, 0.2) is 0 Å². The van der Waals surface area contributed by atoms with Gasteiger partial charge in [0, 0.05) is 13.1 Å². The number of likely N-dealkylation sites (N-methyl/N-ethyl adjacent to an activating group) is 1. The van der Waals surface area contributed by atoms with Crippen LogP contribution in [0.3, 0.4) is 0 Å². The van der Waals surface area contributed by atoms with Crippen molar-refractivity contribution in [2.45, 2.75) is 19.4 Å². The predicted molar refractivity (Wildman–Crippen MR) is 50.5 cm³/mol. The molecule has 13 heavy (non-hydrogen) atoms. The number of nitrogens with one attached hydrogen (secondary N) is 1. The van der Waals surface area contributed by atoms with E-state index in [4.69, 9.17) is 4.74 Å². The molecule has 1 N–H and O–H groups in total. The number of hydrogen-bond acceptors (Lipinski definition) is 3. The van der Waals surface area contributed by atoms with Crippen LogP contribution < -0.4 is 5.32 Å². The SMILES string of the molecule is CCCN1C(=O)COCC1CNC. The molecule has 0 aromatic rings. The Morgan fingerprint density at radius 2 is 2.46 bits per heavy atom. The van der Waals surface area contributed by atoms with Gasteiger partial charge >= 0.3 is 0 Å². The number of morpholine rings is 1. The Morgan fingerprint density at radius 1 is 1.69 bits per heavy atom. The van der Waals surface area contributed by atoms with Gasteiger partial charge in [-0.25, -0.2) is 0 Å². The molecule has 1 aliphatic rings. The first kappa shape index (κ1) is 10.5. The zero-order valence-electron chi connectivity index (χ0n) is 8.38. The zero-order valence-corrected chi connectivity index (χ0v) is 8.38. The molecule has 1 saturated heterocycles. The maximum absolute atomic E-state index is 11.4. The van der Waals surface area contributed by atoms with Crippen LogP contribution in [0.25, 0.3) is 0 Å². The summed E-state index contributed by atoms with van der Waals surface area (Å²) in [4.78, 5) is 13.4. The second kappa shape index (κ2) is 5.19. The summed E-state index contributed by atoms with van der Waals surface area (Å²) < 4.78 is 5.19. The van der Waals surface area contributed by atoms with Crippen LogP contribution >= 0.6 is 0 Å². The fourth-order valence-electron chi connectivity index (χ4n) is 1.61. The van der Waals surface area contributed by atoms with Crippen molar-refractivity contribution in [1.82, 2.24) is 10.2 Å². The average Bonchev–Trinajstić information content (AvgIpc) is 2.11. The first-order valence-corrected chi connectivity index (χ1v) is 4.81. The van der Waals surface area contributed by atoms with Gasteiger partial charge in [0.15, 0.2) is 0 Å². The number of ether oxygens (including phenoxy) is 1. The van der Waals surface area contributed by atoms with Crippen LogP contribution in [0.1, 0.15) is 13.3 Å². The van der Waals surface area contributed by atoms with E-state index in [0.29, 0.717) is 6.61 Å². The summed E-state index contributed by atoms with van der Waals surface area (Å²) in [5.41, 5.74) is 0. The summed E-state index contributed by atoms with van der Waals surface area (Å²) in [5, 5.41) is 3.07. The highest BCUT2D eigenvalue weighted by molar-refractivity contribution is 5.78. The summed E-state index contributed by atoms with van der Waals surface area (Å²) in [6, 6.07) is 0.214. The van der Waals surface area contributed by atoms with E-state index in [1.165, 1.54) is 0 Å². The third-order valence-electron chi connectivity index (χ3n) is 2.20. The normalized spacial score (nSPS) is 23.7. The third kappa shape index (κ3) is 2.67. The Bertz CT molecular complexity index is 171. The van der Waals surface area contributed by atoms with Gasteiger partial charge in [-0.1, -0.05) is 6.92 Å². The maximum atomic E-state index is 11.4. The minimum absolute atomic E-state index is 0.119. The summed E-state index contributed by atoms with van der Waals surface area (Å²) in [7, 11) is 1.89. The van der Waals surface area contributed by atoms with E-state index in [1.54, 1.807) is 0 Å². The summed E-state index contributed by atoms with van der Waals surface area (Å²) >= 11 is 0. The molecule has 0 radical (unpaired) electrons. The highest BCUT2D eigenvalue weighted by atomic mass is 16.5. The highest BCUT2D eigenvalue weighted by Gasteiger charge is 2.26. The van der Waals surface area contributed by atoms with E-state index in [1.807, 2.05) is 11.9 Å². The van der Waals surface area contributed by atoms with Crippen LogP contribution in [0.2, 0.25) is 0 Å². The molecule has 1 amide bonds. The molecule has 0 saturated carbocycles. The van der Waals surface area contributed by atoms with Gasteiger partial charge in [-0.2, -0.15) is 0 Å². The Hall–Kier alpha value is -0.610. The molecular formula is C9H18N2O2. The van der Waals surface area contributed by atoms with Crippen molar-refractivity contribution in [3.8, 4) is 0 Å². The number of carbonyl (C=O) groups excluding carboxylic acids is 1. The maximum Gasteiger partial charge on any atom is 0.248 e. The monoisotopic (exact) mass is 186 g/mol. The minimum atomic E-state index is 0.119. The largest absolute Gasteiger partial charge is 0.369 e. The standard InChI is InChI=1S/C9H18N2O2/c1-3-4-11-8(5-10-2)6-13-7-9(11)12/h8,10H,3-7H2,1-2H3. The molecule has 1 heterocycles. The van der Waals surface area contributed by atoms with Gasteiger partial charge in [-0.15, -0.1) is 0 Å². The quantitative estimate of drug-likeness (QED) is 0.663. The van der Waals surface area contributed by atoms with E-state index < -0.39 is 0 Å². The summed E-state index contributed by atoms with van der Waals surface area (Å²) in [5.74, 6) is 0.119. The van der Waals surface area contributed by atoms with Gasteiger partial charge in [0.2, 0.25) is 5.91 Å². The molecule has 0 aromatic heterocycles. The first-order valence-electron chi connectivity index (χ1n) is 4.81. The fraction of sp³-hybridized carbons (Fsp3) is 0.889. The zero-order chi connectivity index (χ0) is 9.68. The fourth-order valence-corrected chi connectivity index (χ4v) is 1.61. The van der Waals surface area contributed by atoms with Crippen molar-refractivity contribution in [3.05, 3.63) is 0 Å². The molecule has 0 aromatic carbocycles. The van der Waals surface area contributed by atoms with Gasteiger partial charge in [0.25, 0.3) is 0 Å². The molecule has 0 bridgehead atoms. The van der Waals surface area contributed by atoms with Gasteiger partial charge < -0.3 is 15.0 Å². The van der Waals surface area contributed by atoms with Crippen molar-refractivity contribution in [2.75, 3.05) is 33.4 Å². The minimum Gasteiger partial charge on any atom is -0.369 e. The number of nitrogens with zero attached hydrogens (tertiary/aromatic N) is 1. The van der Waals surface area contributed by atoms with E-state index in [2.05, 4.69) is 12.2 Å². The predicted octanol–water partition coefficient (Wildman–Crippen LogP) is -0.157. The Morgan fingerprint density at radius 3 is 3.08 bits per heavy atom. The lowest BCUT2D eigenvalue weighted by atomic mass is 10.2. The second-order valence-corrected chi connectivity index (χ2v) is 3.31. The van der Waals surface area contributed by atoms with Crippen molar-refractivity contribution in [3.63, 3.8) is 0 Å². The number of rotatable bonds is 4. The Kier molecular flexibility index (Phi) is 4.18. The Labute approximate surface area is 79.2 Å². The van der Waals surface area contributed by atoms with Gasteiger partial charge in [-0.05, 0) is 13.5 Å². The lowest BCUT2D eigenvalue weighted by molar-refractivity contribution is -0.147. The first-order chi connectivity index (χ1) is 6.29. The number of carbonyl (C=O) groups is 1. The van der Waals surface area contributed by atoms with E-state index in [-0.39, 0.29) is 18.6 Å². The molecule has 1 fully saturated rings. The second-order valence-electron chi connectivity index (χ2n) is 3.31. The topological polar surface area (TPSA) is 41.6 Å². The van der Waals surface area contributed by atoms with Crippen molar-refractivity contribution in [1.29, 1.82) is 0 Å². The van der Waals surface area contributed by atoms with Gasteiger partial charge in [0.1, 0.15) is 6.61 Å². The molecule has 76 valence electrons. The summed E-state index contributed by atoms with van der Waals surface area (Å²) in [6.45, 7) is 4.65. The third-order valence-corrected chi connectivity index (χ3v) is 2.20. The molecule has 0 spiro atoms. The molecule has 1 rings (SSSR count). The van der Waals surface area contributed by atoms with Gasteiger partial charge in [-0.3, -0.25) is 4.79 Å². The molecular weight excluding hydrogens is 168 g/mol. The van der Waals surface area contributed by atoms with Gasteiger partial charge in [0.05, 0.1) is 12.6 Å². The lowest BCUT2D eigenvalue weighted by Crippen LogP contribution is -2.53. The number of hydrogen-bond donors (Lipinski definition) is 1. The van der Waals surface area contributed by atoms with Crippen LogP contribution in [-0.4, -0.2) is 50.2 Å². The van der Waals surface area contributed by atoms with E-state index >= 15 is 0 Å². The van der Waals surface area contributed by atoms with Crippen molar-refractivity contribution in [2.24, 2.45) is 0 Å². The van der Waals surface area contributed by atoms with E-state index in [0.717, 1.165) is 19.5 Å². The lowest BCUT2D eigenvalue weighted by Gasteiger charge is -2.35. The molecule has 1 atom stereocenters. The van der Waals surface area contributed by atoms with Crippen LogP contribution in [-0.2, 0) is 9.53 Å². The van der Waals surface area contributed by atoms with Crippen LogP contribution in [0.4, 0.5) is 0 Å². The van der Waals surface area contributed by atoms with Crippen LogP contribution in [0, 0.1) is 0 Å². The molecule has 4 heteroatoms. The van der Waals surface area contributed by atoms with E-state index in [9.17, 15) is 4.79 Å². The smallest absolute Gasteiger partial charge is 0.248 e. The number of amides is 1. The molecule has 0 aliphatic carbocycles. The molecule has 1 aliphatic heterocycles. The molecule has 4 nitrogen and oxygen atoms in total.